The number of fused-ring (bicyclic) bond motifs is 1. The number of halogens is 1. The van der Waals surface area contributed by atoms with Crippen LogP contribution in [0.5, 0.6) is 17.2 Å². The van der Waals surface area contributed by atoms with Gasteiger partial charge in [0.05, 0.1) is 53.7 Å². The van der Waals surface area contributed by atoms with Gasteiger partial charge in [-0.2, -0.15) is 0 Å². The lowest BCUT2D eigenvalue weighted by Gasteiger charge is -2.23. The minimum absolute atomic E-state index is 0.124. The molecule has 0 spiro atoms. The Morgan fingerprint density at radius 3 is 2.47 bits per heavy atom. The smallest absolute Gasteiger partial charge is 0.301 e. The molecule has 1 aromatic heterocycles. The standard InChI is InChI=1S/C28H23ClN2O6S/c1-14-8-9-19-22(10-14)38-28(30-19)31-24(15-6-5-7-16(11-15)35-2)23(26(33)27(31)34)25(32)17-12-21(37-4)18(29)13-20(17)36-3/h5-13,24,32H,1-4H3/b25-23+. The van der Waals surface area contributed by atoms with E-state index in [1.165, 1.54) is 49.7 Å². The summed E-state index contributed by atoms with van der Waals surface area (Å²) < 4.78 is 17.0. The van der Waals surface area contributed by atoms with E-state index >= 15 is 0 Å². The van der Waals surface area contributed by atoms with Crippen LogP contribution < -0.4 is 19.1 Å². The first kappa shape index (κ1) is 25.6. The highest BCUT2D eigenvalue weighted by Gasteiger charge is 2.48. The molecule has 3 aromatic carbocycles. The fourth-order valence-electron chi connectivity index (χ4n) is 4.47. The molecular formula is C28H23ClN2O6S. The van der Waals surface area contributed by atoms with Gasteiger partial charge in [0, 0.05) is 6.07 Å². The molecule has 0 bridgehead atoms. The molecule has 5 rings (SSSR count). The van der Waals surface area contributed by atoms with Gasteiger partial charge >= 0.3 is 5.91 Å². The summed E-state index contributed by atoms with van der Waals surface area (Å²) >= 11 is 7.55. The number of methoxy groups -OCH3 is 3. The third kappa shape index (κ3) is 4.23. The Morgan fingerprint density at radius 1 is 1.00 bits per heavy atom. The number of hydrogen-bond acceptors (Lipinski definition) is 8. The quantitative estimate of drug-likeness (QED) is 0.181. The van der Waals surface area contributed by atoms with E-state index in [1.54, 1.807) is 24.3 Å². The van der Waals surface area contributed by atoms with Gasteiger partial charge in [0.2, 0.25) is 0 Å². The number of ketones is 1. The molecule has 1 aliphatic rings. The van der Waals surface area contributed by atoms with Gasteiger partial charge in [-0.25, -0.2) is 4.98 Å². The third-order valence-electron chi connectivity index (χ3n) is 6.32. The minimum Gasteiger partial charge on any atom is -0.507 e. The second kappa shape index (κ2) is 10.00. The molecule has 0 radical (unpaired) electrons. The molecule has 1 atom stereocenters. The fraction of sp³-hybridized carbons (Fsp3) is 0.179. The average Bonchev–Trinajstić information content (AvgIpc) is 3.45. The second-order valence-electron chi connectivity index (χ2n) is 8.60. The molecule has 38 heavy (non-hydrogen) atoms. The predicted molar refractivity (Wildman–Crippen MR) is 147 cm³/mol. The van der Waals surface area contributed by atoms with Gasteiger partial charge in [-0.1, -0.05) is 41.1 Å². The molecule has 1 fully saturated rings. The van der Waals surface area contributed by atoms with Crippen LogP contribution in [-0.4, -0.2) is 43.1 Å². The number of amides is 1. The van der Waals surface area contributed by atoms with Crippen molar-refractivity contribution >= 4 is 55.7 Å². The summed E-state index contributed by atoms with van der Waals surface area (Å²) in [6.07, 6.45) is 0. The Hall–Kier alpha value is -4.08. The monoisotopic (exact) mass is 550 g/mol. The van der Waals surface area contributed by atoms with Crippen LogP contribution in [0.25, 0.3) is 16.0 Å². The number of carbonyl (C=O) groups excluding carboxylic acids is 2. The van der Waals surface area contributed by atoms with Crippen molar-refractivity contribution in [1.82, 2.24) is 4.98 Å². The van der Waals surface area contributed by atoms with Gasteiger partial charge in [-0.3, -0.25) is 14.5 Å². The number of carbonyl (C=O) groups is 2. The van der Waals surface area contributed by atoms with Crippen molar-refractivity contribution in [3.8, 4) is 17.2 Å². The number of hydrogen-bond donors (Lipinski definition) is 1. The normalized spacial score (nSPS) is 16.8. The van der Waals surface area contributed by atoms with Crippen LogP contribution in [0.1, 0.15) is 22.7 Å². The summed E-state index contributed by atoms with van der Waals surface area (Å²) in [6.45, 7) is 1.97. The number of aromatic nitrogens is 1. The number of Topliss-reactive ketones (excluding diaryl/α,β-unsaturated/α-hetero) is 1. The van der Waals surface area contributed by atoms with E-state index in [0.717, 1.165) is 10.3 Å². The number of rotatable bonds is 6. The number of nitrogens with zero attached hydrogens (tertiary/aromatic N) is 2. The van der Waals surface area contributed by atoms with Crippen molar-refractivity contribution in [1.29, 1.82) is 0 Å². The average molecular weight is 551 g/mol. The molecule has 2 heterocycles. The second-order valence-corrected chi connectivity index (χ2v) is 10.0. The van der Waals surface area contributed by atoms with Gasteiger partial charge in [-0.15, -0.1) is 0 Å². The van der Waals surface area contributed by atoms with Crippen LogP contribution in [0.15, 0.2) is 60.2 Å². The minimum atomic E-state index is -0.988. The van der Waals surface area contributed by atoms with Crippen LogP contribution in [0.2, 0.25) is 5.02 Å². The molecular weight excluding hydrogens is 528 g/mol. The molecule has 1 aliphatic heterocycles. The van der Waals surface area contributed by atoms with E-state index in [2.05, 4.69) is 4.98 Å². The van der Waals surface area contributed by atoms with Crippen LogP contribution >= 0.6 is 22.9 Å². The van der Waals surface area contributed by atoms with Gasteiger partial charge in [0.15, 0.2) is 5.13 Å². The Bertz CT molecular complexity index is 1630. The van der Waals surface area contributed by atoms with Crippen molar-refractivity contribution in [2.45, 2.75) is 13.0 Å². The zero-order valence-electron chi connectivity index (χ0n) is 20.9. The highest BCUT2D eigenvalue weighted by atomic mass is 35.5. The molecule has 0 aliphatic carbocycles. The topological polar surface area (TPSA) is 98.2 Å². The van der Waals surface area contributed by atoms with E-state index in [-0.39, 0.29) is 27.7 Å². The lowest BCUT2D eigenvalue weighted by molar-refractivity contribution is -0.132. The summed E-state index contributed by atoms with van der Waals surface area (Å²) in [7, 11) is 4.37. The number of ether oxygens (including phenoxy) is 3. The van der Waals surface area contributed by atoms with Crippen LogP contribution in [0.4, 0.5) is 5.13 Å². The Kier molecular flexibility index (Phi) is 6.73. The van der Waals surface area contributed by atoms with Gasteiger partial charge in [0.1, 0.15) is 23.0 Å². The summed E-state index contributed by atoms with van der Waals surface area (Å²) in [6, 6.07) is 14.7. The van der Waals surface area contributed by atoms with Crippen LogP contribution in [0, 0.1) is 6.92 Å². The number of aryl methyl sites for hydroxylation is 1. The zero-order chi connectivity index (χ0) is 27.1. The molecule has 8 nitrogen and oxygen atoms in total. The van der Waals surface area contributed by atoms with E-state index < -0.39 is 23.5 Å². The van der Waals surface area contributed by atoms with Gasteiger partial charge in [0.25, 0.3) is 5.78 Å². The largest absolute Gasteiger partial charge is 0.507 e. The predicted octanol–water partition coefficient (Wildman–Crippen LogP) is 5.91. The first-order chi connectivity index (χ1) is 18.3. The van der Waals surface area contributed by atoms with E-state index in [9.17, 15) is 14.7 Å². The molecule has 10 heteroatoms. The Balaban J connectivity index is 1.78. The van der Waals surface area contributed by atoms with Gasteiger partial charge in [-0.05, 0) is 48.4 Å². The van der Waals surface area contributed by atoms with Crippen LogP contribution in [-0.2, 0) is 9.59 Å². The third-order valence-corrected chi connectivity index (χ3v) is 7.63. The SMILES string of the molecule is COc1cccc(C2/C(=C(\O)c3cc(OC)c(Cl)cc3OC)C(=O)C(=O)N2c2nc3ccc(C)cc3s2)c1. The van der Waals surface area contributed by atoms with Crippen molar-refractivity contribution < 1.29 is 28.9 Å². The van der Waals surface area contributed by atoms with Crippen molar-refractivity contribution in [2.75, 3.05) is 26.2 Å². The van der Waals surface area contributed by atoms with E-state index in [0.29, 0.717) is 22.0 Å². The first-order valence-corrected chi connectivity index (χ1v) is 12.7. The molecule has 1 saturated heterocycles. The van der Waals surface area contributed by atoms with Crippen LogP contribution in [0.3, 0.4) is 0 Å². The van der Waals surface area contributed by atoms with E-state index in [1.807, 2.05) is 25.1 Å². The molecule has 0 saturated carbocycles. The highest BCUT2D eigenvalue weighted by molar-refractivity contribution is 7.22. The first-order valence-electron chi connectivity index (χ1n) is 11.5. The summed E-state index contributed by atoms with van der Waals surface area (Å²) in [5, 5.41) is 12.2. The molecule has 4 aromatic rings. The maximum absolute atomic E-state index is 13.6. The number of anilines is 1. The fourth-order valence-corrected chi connectivity index (χ4v) is 5.79. The summed E-state index contributed by atoms with van der Waals surface area (Å²) in [5.41, 5.74) is 2.33. The maximum Gasteiger partial charge on any atom is 0.301 e. The van der Waals surface area contributed by atoms with Gasteiger partial charge < -0.3 is 19.3 Å². The zero-order valence-corrected chi connectivity index (χ0v) is 22.5. The van der Waals surface area contributed by atoms with E-state index in [4.69, 9.17) is 25.8 Å². The molecule has 1 N–H and O–H groups in total. The molecule has 194 valence electrons. The highest BCUT2D eigenvalue weighted by Crippen LogP contribution is 2.46. The number of benzene rings is 3. The summed E-state index contributed by atoms with van der Waals surface area (Å²) in [5.74, 6) is -1.10. The molecule has 1 amide bonds. The maximum atomic E-state index is 13.6. The van der Waals surface area contributed by atoms with Crippen molar-refractivity contribution in [3.63, 3.8) is 0 Å². The summed E-state index contributed by atoms with van der Waals surface area (Å²) in [4.78, 5) is 33.1. The lowest BCUT2D eigenvalue weighted by atomic mass is 9.95. The number of aliphatic hydroxyl groups is 1. The van der Waals surface area contributed by atoms with Crippen molar-refractivity contribution in [2.24, 2.45) is 0 Å². The lowest BCUT2D eigenvalue weighted by Crippen LogP contribution is -2.29. The Morgan fingerprint density at radius 2 is 1.76 bits per heavy atom. The Labute approximate surface area is 227 Å². The van der Waals surface area contributed by atoms with Crippen molar-refractivity contribution in [3.05, 3.63) is 81.9 Å². The molecule has 1 unspecified atom stereocenters. The number of aliphatic hydroxyl groups excluding tert-OH is 1. The number of thiazole rings is 1.